The Hall–Kier alpha value is -3.37. The van der Waals surface area contributed by atoms with Gasteiger partial charge in [-0.15, -0.1) is 11.3 Å². The number of nitrogens with two attached hydrogens (primary N) is 1. The molecule has 3 atom stereocenters. The summed E-state index contributed by atoms with van der Waals surface area (Å²) in [6.45, 7) is 2.16. The van der Waals surface area contributed by atoms with E-state index in [1.807, 2.05) is 11.0 Å². The number of benzene rings is 2. The Morgan fingerprint density at radius 3 is 2.86 bits per heavy atom. The second kappa shape index (κ2) is 10.7. The normalized spacial score (nSPS) is 24.1. The molecule has 3 N–H and O–H groups in total. The number of halogens is 4. The molecule has 0 aliphatic carbocycles. The highest BCUT2D eigenvalue weighted by Crippen LogP contribution is 2.46. The summed E-state index contributed by atoms with van der Waals surface area (Å²) in [5.74, 6) is -1.01. The molecule has 0 radical (unpaired) electrons. The van der Waals surface area contributed by atoms with E-state index < -0.39 is 29.4 Å². The van der Waals surface area contributed by atoms with Crippen molar-refractivity contribution in [3.8, 4) is 23.2 Å². The highest BCUT2D eigenvalue weighted by atomic mass is 35.5. The predicted octanol–water partition coefficient (Wildman–Crippen LogP) is 5.81. The standard InChI is InChI=1S/C30H28ClF3N6O2S/c31-20-9-18-25(24(34)23(20)17-4-5-21(33)26-22(17)19(11-35)27(36)43-26)37-29(38-28(18)39-7-1-3-16(41)13-39)42-14-30-6-2-8-40(30)12-15(32)10-30/h4-5,9,15-16,41H,1-3,6-8,10,12-14,36H2/t15-,16-,30+/m1/s1. The molecular formula is C30H28ClF3N6O2S. The number of nitrogens with zero attached hydrogens (tertiary/aromatic N) is 5. The minimum Gasteiger partial charge on any atom is -0.461 e. The first-order valence-corrected chi connectivity index (χ1v) is 15.4. The van der Waals surface area contributed by atoms with Gasteiger partial charge in [0.2, 0.25) is 0 Å². The number of fused-ring (bicyclic) bond motifs is 3. The maximum absolute atomic E-state index is 16.7. The van der Waals surface area contributed by atoms with E-state index in [1.165, 1.54) is 12.1 Å². The maximum Gasteiger partial charge on any atom is 0.319 e. The van der Waals surface area contributed by atoms with Crippen molar-refractivity contribution >= 4 is 54.7 Å². The minimum absolute atomic E-state index is 0.0167. The van der Waals surface area contributed by atoms with Gasteiger partial charge in [-0.1, -0.05) is 17.7 Å². The van der Waals surface area contributed by atoms with Gasteiger partial charge in [0.05, 0.1) is 26.9 Å². The van der Waals surface area contributed by atoms with Crippen molar-refractivity contribution in [1.29, 1.82) is 5.26 Å². The molecule has 8 nitrogen and oxygen atoms in total. The number of aromatic nitrogens is 2. The number of anilines is 2. The van der Waals surface area contributed by atoms with Crippen LogP contribution in [0.25, 0.3) is 32.1 Å². The zero-order valence-corrected chi connectivity index (χ0v) is 24.6. The third kappa shape index (κ3) is 4.65. The van der Waals surface area contributed by atoms with Crippen molar-refractivity contribution in [3.63, 3.8) is 0 Å². The first-order chi connectivity index (χ1) is 20.7. The zero-order valence-electron chi connectivity index (χ0n) is 23.0. The fourth-order valence-electron chi connectivity index (χ4n) is 7.02. The Kier molecular flexibility index (Phi) is 7.04. The van der Waals surface area contributed by atoms with Crippen LogP contribution in [0.4, 0.5) is 24.0 Å². The molecule has 0 spiro atoms. The van der Waals surface area contributed by atoms with E-state index in [-0.39, 0.29) is 61.5 Å². The van der Waals surface area contributed by atoms with Crippen LogP contribution in [0, 0.1) is 23.0 Å². The van der Waals surface area contributed by atoms with Crippen LogP contribution in [-0.2, 0) is 0 Å². The van der Waals surface area contributed by atoms with Crippen LogP contribution in [0.1, 0.15) is 37.7 Å². The summed E-state index contributed by atoms with van der Waals surface area (Å²) < 4.78 is 52.2. The summed E-state index contributed by atoms with van der Waals surface area (Å²) >= 11 is 7.66. The molecule has 3 fully saturated rings. The fourth-order valence-corrected chi connectivity index (χ4v) is 8.26. The van der Waals surface area contributed by atoms with E-state index in [2.05, 4.69) is 14.9 Å². The van der Waals surface area contributed by atoms with Gasteiger partial charge in [-0.3, -0.25) is 4.90 Å². The fraction of sp³-hybridized carbons (Fsp3) is 0.433. The molecule has 5 heterocycles. The SMILES string of the molecule is N#Cc1c(N)sc2c(F)ccc(-c3c(Cl)cc4c(N5CCC[C@@H](O)C5)nc(OC[C@@]56CCCN5C[C@H](F)C6)nc4c3F)c12. The monoisotopic (exact) mass is 628 g/mol. The number of piperidine rings is 1. The summed E-state index contributed by atoms with van der Waals surface area (Å²) in [7, 11) is 0. The van der Waals surface area contributed by atoms with Crippen LogP contribution in [0.2, 0.25) is 5.02 Å². The smallest absolute Gasteiger partial charge is 0.319 e. The molecule has 0 bridgehead atoms. The number of rotatable bonds is 5. The third-order valence-electron chi connectivity index (χ3n) is 8.97. The number of β-amino-alcohol motifs (C(OH)–C–C–N with tert-alkyl or cyclic N) is 1. The van der Waals surface area contributed by atoms with Crippen LogP contribution in [0.15, 0.2) is 18.2 Å². The first kappa shape index (κ1) is 28.4. The predicted molar refractivity (Wildman–Crippen MR) is 160 cm³/mol. The quantitative estimate of drug-likeness (QED) is 0.285. The Balaban J connectivity index is 1.39. The molecule has 43 heavy (non-hydrogen) atoms. The van der Waals surface area contributed by atoms with Crippen LogP contribution >= 0.6 is 22.9 Å². The van der Waals surface area contributed by atoms with Crippen molar-refractivity contribution in [2.75, 3.05) is 43.4 Å². The highest BCUT2D eigenvalue weighted by Gasteiger charge is 2.49. The summed E-state index contributed by atoms with van der Waals surface area (Å²) in [4.78, 5) is 13.1. The van der Waals surface area contributed by atoms with Crippen molar-refractivity contribution in [2.24, 2.45) is 0 Å². The van der Waals surface area contributed by atoms with Gasteiger partial charge in [-0.2, -0.15) is 15.2 Å². The summed E-state index contributed by atoms with van der Waals surface area (Å²) in [6, 6.07) is 6.06. The second-order valence-corrected chi connectivity index (χ2v) is 13.1. The number of nitrogen functional groups attached to an aromatic ring is 1. The van der Waals surface area contributed by atoms with Gasteiger partial charge < -0.3 is 20.5 Å². The van der Waals surface area contributed by atoms with E-state index in [4.69, 9.17) is 22.1 Å². The Bertz CT molecular complexity index is 1820. The second-order valence-electron chi connectivity index (χ2n) is 11.6. The van der Waals surface area contributed by atoms with Crippen molar-refractivity contribution < 1.29 is 23.0 Å². The number of thiophene rings is 1. The molecular weight excluding hydrogens is 601 g/mol. The number of nitriles is 1. The van der Waals surface area contributed by atoms with Crippen LogP contribution < -0.4 is 15.4 Å². The van der Waals surface area contributed by atoms with E-state index >= 15 is 4.39 Å². The van der Waals surface area contributed by atoms with Gasteiger partial charge in [-0.05, 0) is 49.9 Å². The van der Waals surface area contributed by atoms with Crippen molar-refractivity contribution in [1.82, 2.24) is 14.9 Å². The van der Waals surface area contributed by atoms with E-state index in [0.717, 1.165) is 30.7 Å². The topological polar surface area (TPSA) is 112 Å². The van der Waals surface area contributed by atoms with Gasteiger partial charge in [0.1, 0.15) is 41.0 Å². The van der Waals surface area contributed by atoms with Crippen LogP contribution in [0.3, 0.4) is 0 Å². The largest absolute Gasteiger partial charge is 0.461 e. The zero-order chi connectivity index (χ0) is 30.0. The molecule has 4 aromatic rings. The van der Waals surface area contributed by atoms with Gasteiger partial charge >= 0.3 is 6.01 Å². The Morgan fingerprint density at radius 1 is 1.23 bits per heavy atom. The third-order valence-corrected chi connectivity index (χ3v) is 10.3. The van der Waals surface area contributed by atoms with E-state index in [0.29, 0.717) is 43.6 Å². The highest BCUT2D eigenvalue weighted by molar-refractivity contribution is 7.23. The van der Waals surface area contributed by atoms with E-state index in [9.17, 15) is 19.1 Å². The number of aliphatic hydroxyl groups excluding tert-OH is 1. The molecule has 2 aromatic carbocycles. The van der Waals surface area contributed by atoms with Gasteiger partial charge in [0.15, 0.2) is 5.82 Å². The van der Waals surface area contributed by atoms with Crippen molar-refractivity contribution in [2.45, 2.75) is 49.9 Å². The molecule has 3 aliphatic rings. The summed E-state index contributed by atoms with van der Waals surface area (Å²) in [5.41, 5.74) is 5.68. The molecule has 0 saturated carbocycles. The lowest BCUT2D eigenvalue weighted by atomic mass is 9.95. The van der Waals surface area contributed by atoms with Crippen LogP contribution in [0.5, 0.6) is 6.01 Å². The number of hydrogen-bond donors (Lipinski definition) is 2. The maximum atomic E-state index is 16.7. The lowest BCUT2D eigenvalue weighted by molar-refractivity contribution is 0.107. The van der Waals surface area contributed by atoms with Gasteiger partial charge in [0, 0.05) is 42.4 Å². The molecule has 224 valence electrons. The lowest BCUT2D eigenvalue weighted by Crippen LogP contribution is -2.43. The Morgan fingerprint density at radius 2 is 2.07 bits per heavy atom. The molecule has 2 aromatic heterocycles. The molecule has 3 aliphatic heterocycles. The summed E-state index contributed by atoms with van der Waals surface area (Å²) in [5, 5.41) is 20.8. The first-order valence-electron chi connectivity index (χ1n) is 14.2. The summed E-state index contributed by atoms with van der Waals surface area (Å²) in [6.07, 6.45) is 1.89. The number of hydrogen-bond acceptors (Lipinski definition) is 9. The van der Waals surface area contributed by atoms with Gasteiger partial charge in [-0.25, -0.2) is 13.2 Å². The molecule has 0 unspecified atom stereocenters. The number of aliphatic hydroxyl groups is 1. The molecule has 7 rings (SSSR count). The average molecular weight is 629 g/mol. The minimum atomic E-state index is -0.939. The number of alkyl halides is 1. The van der Waals surface area contributed by atoms with E-state index in [1.54, 1.807) is 6.07 Å². The molecule has 0 amide bonds. The molecule has 3 saturated heterocycles. The van der Waals surface area contributed by atoms with Gasteiger partial charge in [0.25, 0.3) is 0 Å². The Labute approximate surface area is 254 Å². The van der Waals surface area contributed by atoms with Crippen LogP contribution in [-0.4, -0.2) is 70.6 Å². The van der Waals surface area contributed by atoms with Crippen molar-refractivity contribution in [3.05, 3.63) is 40.4 Å². The lowest BCUT2D eigenvalue weighted by Gasteiger charge is -2.33. The number of ether oxygens (including phenoxy) is 1. The average Bonchev–Trinajstić information content (AvgIpc) is 3.62. The molecule has 13 heteroatoms.